The van der Waals surface area contributed by atoms with E-state index in [1.165, 1.54) is 0 Å². The number of aromatic nitrogens is 2. The van der Waals surface area contributed by atoms with Gasteiger partial charge < -0.3 is 24.6 Å². The number of fused-ring (bicyclic) bond motifs is 1. The van der Waals surface area contributed by atoms with Gasteiger partial charge in [-0.05, 0) is 37.1 Å². The number of para-hydroxylation sites is 1. The highest BCUT2D eigenvalue weighted by molar-refractivity contribution is 5.94. The van der Waals surface area contributed by atoms with Crippen molar-refractivity contribution in [3.05, 3.63) is 66.1 Å². The minimum absolute atomic E-state index is 0.0936. The molecule has 3 aromatic rings. The smallest absolute Gasteiger partial charge is 0.274 e. The van der Waals surface area contributed by atoms with E-state index in [2.05, 4.69) is 12.2 Å². The molecular weight excluding hydrogens is 470 g/mol. The summed E-state index contributed by atoms with van der Waals surface area (Å²) < 4.78 is 13.4. The Hall–Kier alpha value is -3.43. The van der Waals surface area contributed by atoms with E-state index < -0.39 is 0 Å². The fourth-order valence-electron chi connectivity index (χ4n) is 5.24. The number of ether oxygens (including phenoxy) is 2. The topological polar surface area (TPSA) is 88.4 Å². The predicted octanol–water partition coefficient (Wildman–Crippen LogP) is 2.60. The quantitative estimate of drug-likeness (QED) is 0.506. The van der Waals surface area contributed by atoms with Crippen LogP contribution < -0.4 is 10.1 Å². The van der Waals surface area contributed by atoms with Crippen LogP contribution in [0.5, 0.6) is 5.75 Å². The van der Waals surface area contributed by atoms with E-state index in [1.54, 1.807) is 0 Å². The van der Waals surface area contributed by atoms with Crippen molar-refractivity contribution in [2.75, 3.05) is 45.9 Å². The van der Waals surface area contributed by atoms with Crippen LogP contribution in [0.15, 0.2) is 54.7 Å². The van der Waals surface area contributed by atoms with Gasteiger partial charge in [-0.25, -0.2) is 4.98 Å². The third-order valence-corrected chi connectivity index (χ3v) is 7.12. The predicted molar refractivity (Wildman–Crippen MR) is 139 cm³/mol. The van der Waals surface area contributed by atoms with Crippen LogP contribution in [-0.2, 0) is 16.1 Å². The van der Waals surface area contributed by atoms with E-state index in [1.807, 2.05) is 68.9 Å². The van der Waals surface area contributed by atoms with Crippen LogP contribution in [0.2, 0.25) is 0 Å². The Balaban J connectivity index is 1.38. The van der Waals surface area contributed by atoms with Gasteiger partial charge in [-0.3, -0.25) is 14.0 Å². The van der Waals surface area contributed by atoms with Crippen LogP contribution in [0.3, 0.4) is 0 Å². The summed E-state index contributed by atoms with van der Waals surface area (Å²) in [5, 5.41) is 3.42. The van der Waals surface area contributed by atoms with Gasteiger partial charge in [0.25, 0.3) is 5.91 Å². The number of nitrogens with zero attached hydrogens (tertiary/aromatic N) is 4. The van der Waals surface area contributed by atoms with Crippen LogP contribution in [0.1, 0.15) is 35.9 Å². The van der Waals surface area contributed by atoms with Crippen molar-refractivity contribution in [2.45, 2.75) is 32.4 Å². The zero-order valence-electron chi connectivity index (χ0n) is 21.3. The zero-order valence-corrected chi connectivity index (χ0v) is 21.3. The zero-order chi connectivity index (χ0) is 25.6. The number of hydrogen-bond acceptors (Lipinski definition) is 6. The van der Waals surface area contributed by atoms with Gasteiger partial charge in [-0.1, -0.05) is 31.2 Å². The van der Waals surface area contributed by atoms with Crippen LogP contribution in [0, 0.1) is 5.92 Å². The Bertz CT molecular complexity index is 1210. The average Bonchev–Trinajstić information content (AvgIpc) is 3.33. The molecule has 2 fully saturated rings. The molecule has 1 aromatic carbocycles. The minimum atomic E-state index is -0.161. The largest absolute Gasteiger partial charge is 0.487 e. The summed E-state index contributed by atoms with van der Waals surface area (Å²) in [6.07, 6.45) is 3.36. The highest BCUT2D eigenvalue weighted by atomic mass is 16.5. The lowest BCUT2D eigenvalue weighted by Gasteiger charge is -2.39. The number of amides is 2. The average molecular weight is 506 g/mol. The van der Waals surface area contributed by atoms with Gasteiger partial charge in [-0.2, -0.15) is 0 Å². The van der Waals surface area contributed by atoms with Crippen LogP contribution in [0.25, 0.3) is 5.65 Å². The molecule has 0 aliphatic carbocycles. The summed E-state index contributed by atoms with van der Waals surface area (Å²) in [5.74, 6) is 0.599. The first-order valence-corrected chi connectivity index (χ1v) is 13.2. The van der Waals surface area contributed by atoms with E-state index in [-0.39, 0.29) is 30.4 Å². The number of carbonyl (C=O) groups excluding carboxylic acids is 2. The molecule has 9 nitrogen and oxygen atoms in total. The van der Waals surface area contributed by atoms with Gasteiger partial charge in [-0.15, -0.1) is 0 Å². The first kappa shape index (κ1) is 25.2. The van der Waals surface area contributed by atoms with Gasteiger partial charge in [0.15, 0.2) is 5.69 Å². The van der Waals surface area contributed by atoms with E-state index in [4.69, 9.17) is 14.5 Å². The third-order valence-electron chi connectivity index (χ3n) is 7.12. The van der Waals surface area contributed by atoms with E-state index >= 15 is 0 Å². The second-order valence-electron chi connectivity index (χ2n) is 9.62. The molecule has 0 radical (unpaired) electrons. The van der Waals surface area contributed by atoms with E-state index in [9.17, 15) is 9.59 Å². The molecule has 5 rings (SSSR count). The Morgan fingerprint density at radius 2 is 1.89 bits per heavy atom. The van der Waals surface area contributed by atoms with Gasteiger partial charge in [0.2, 0.25) is 5.91 Å². The molecule has 2 atom stereocenters. The molecule has 2 aliphatic rings. The molecular formula is C28H35N5O4. The maximum Gasteiger partial charge on any atom is 0.274 e. The van der Waals surface area contributed by atoms with Gasteiger partial charge in [0, 0.05) is 45.0 Å². The summed E-state index contributed by atoms with van der Waals surface area (Å²) >= 11 is 0. The minimum Gasteiger partial charge on any atom is -0.487 e. The van der Waals surface area contributed by atoms with Crippen LogP contribution in [-0.4, -0.2) is 83.0 Å². The molecule has 1 N–H and O–H groups in total. The first-order chi connectivity index (χ1) is 18.2. The van der Waals surface area contributed by atoms with Crippen molar-refractivity contribution >= 4 is 17.5 Å². The number of carbonyl (C=O) groups is 2. The second-order valence-corrected chi connectivity index (χ2v) is 9.62. The molecule has 0 saturated carbocycles. The summed E-state index contributed by atoms with van der Waals surface area (Å²) in [7, 11) is 0. The molecule has 2 saturated heterocycles. The summed E-state index contributed by atoms with van der Waals surface area (Å²) in [6, 6.07) is 15.2. The SMILES string of the molecule is CCCN(C(=O)c1nc2ccccn2c1COc1ccccc1)[C@@H]1CNC[C@H](C(=O)N2CCOCC2)C1. The van der Waals surface area contributed by atoms with Crippen molar-refractivity contribution in [1.82, 2.24) is 24.5 Å². The van der Waals surface area contributed by atoms with Crippen molar-refractivity contribution in [3.8, 4) is 5.75 Å². The Kier molecular flexibility index (Phi) is 8.01. The monoisotopic (exact) mass is 505 g/mol. The van der Waals surface area contributed by atoms with Crippen LogP contribution >= 0.6 is 0 Å². The number of rotatable bonds is 8. The van der Waals surface area contributed by atoms with E-state index in [0.717, 1.165) is 17.9 Å². The molecule has 0 unspecified atom stereocenters. The van der Waals surface area contributed by atoms with E-state index in [0.29, 0.717) is 63.7 Å². The lowest BCUT2D eigenvalue weighted by atomic mass is 9.92. The number of morpholine rings is 1. The second kappa shape index (κ2) is 11.7. The molecule has 196 valence electrons. The number of nitrogens with one attached hydrogen (secondary N) is 1. The Morgan fingerprint density at radius 3 is 2.68 bits per heavy atom. The molecule has 37 heavy (non-hydrogen) atoms. The highest BCUT2D eigenvalue weighted by Crippen LogP contribution is 2.24. The van der Waals surface area contributed by atoms with Crippen molar-refractivity contribution < 1.29 is 19.1 Å². The normalized spacial score (nSPS) is 20.1. The molecule has 9 heteroatoms. The highest BCUT2D eigenvalue weighted by Gasteiger charge is 2.36. The number of hydrogen-bond donors (Lipinski definition) is 1. The number of imidazole rings is 1. The lowest BCUT2D eigenvalue weighted by molar-refractivity contribution is -0.140. The first-order valence-electron chi connectivity index (χ1n) is 13.2. The molecule has 2 aliphatic heterocycles. The molecule has 2 aromatic heterocycles. The maximum absolute atomic E-state index is 14.1. The molecule has 0 bridgehead atoms. The maximum atomic E-state index is 14.1. The van der Waals surface area contributed by atoms with Crippen molar-refractivity contribution in [2.24, 2.45) is 5.92 Å². The Morgan fingerprint density at radius 1 is 1.11 bits per heavy atom. The van der Waals surface area contributed by atoms with Crippen LogP contribution in [0.4, 0.5) is 0 Å². The third kappa shape index (κ3) is 5.62. The summed E-state index contributed by atoms with van der Waals surface area (Å²) in [6.45, 7) is 6.58. The summed E-state index contributed by atoms with van der Waals surface area (Å²) in [5.41, 5.74) is 1.82. The number of pyridine rings is 1. The lowest BCUT2D eigenvalue weighted by Crippen LogP contribution is -2.55. The standard InChI is InChI=1S/C28H35N5O4/c1-2-11-32(22-17-21(18-29-19-22)27(34)31-13-15-36-16-14-31)28(35)26-24(20-37-23-8-4-3-5-9-23)33-12-7-6-10-25(33)30-26/h3-10,12,21-22,29H,2,11,13-20H2,1H3/t21-,22+/m1/s1. The van der Waals surface area contributed by atoms with Gasteiger partial charge in [0.1, 0.15) is 18.0 Å². The van der Waals surface area contributed by atoms with Crippen molar-refractivity contribution in [1.29, 1.82) is 0 Å². The fourth-order valence-corrected chi connectivity index (χ4v) is 5.24. The molecule has 2 amide bonds. The fraction of sp³-hybridized carbons (Fsp3) is 0.464. The Labute approximate surface area is 217 Å². The van der Waals surface area contributed by atoms with Gasteiger partial charge >= 0.3 is 0 Å². The number of benzene rings is 1. The summed E-state index contributed by atoms with van der Waals surface area (Å²) in [4.78, 5) is 35.8. The van der Waals surface area contributed by atoms with Crippen molar-refractivity contribution in [3.63, 3.8) is 0 Å². The van der Waals surface area contributed by atoms with Gasteiger partial charge in [0.05, 0.1) is 24.8 Å². The molecule has 4 heterocycles. The molecule has 0 spiro atoms. The number of piperidine rings is 1.